The summed E-state index contributed by atoms with van der Waals surface area (Å²) in [4.78, 5) is 24.1. The first-order valence-electron chi connectivity index (χ1n) is 11.0. The van der Waals surface area contributed by atoms with Crippen LogP contribution in [-0.2, 0) is 9.59 Å². The lowest BCUT2D eigenvalue weighted by atomic mass is 10.1. The van der Waals surface area contributed by atoms with Gasteiger partial charge in [0.1, 0.15) is 17.2 Å². The van der Waals surface area contributed by atoms with Crippen molar-refractivity contribution >= 4 is 24.2 Å². The summed E-state index contributed by atoms with van der Waals surface area (Å²) in [7, 11) is 1.60. The predicted octanol–water partition coefficient (Wildman–Crippen LogP) is 4.77. The summed E-state index contributed by atoms with van der Waals surface area (Å²) in [5, 5.41) is 3.95. The van der Waals surface area contributed by atoms with Crippen LogP contribution in [-0.4, -0.2) is 31.8 Å². The highest BCUT2D eigenvalue weighted by atomic mass is 16.5. The van der Waals surface area contributed by atoms with Gasteiger partial charge in [-0.2, -0.15) is 5.10 Å². The smallest absolute Gasteiger partial charge is 0.336 e. The molecule has 0 bridgehead atoms. The summed E-state index contributed by atoms with van der Waals surface area (Å²) < 4.78 is 16.1. The summed E-state index contributed by atoms with van der Waals surface area (Å²) in [5.41, 5.74) is 7.11. The third-order valence-corrected chi connectivity index (χ3v) is 5.25. The van der Waals surface area contributed by atoms with Gasteiger partial charge in [-0.1, -0.05) is 24.3 Å². The van der Waals surface area contributed by atoms with Gasteiger partial charge in [0.2, 0.25) is 0 Å². The number of esters is 1. The number of carbonyl (C=O) groups is 2. The van der Waals surface area contributed by atoms with Crippen LogP contribution < -0.4 is 19.6 Å². The Balaban J connectivity index is 1.45. The van der Waals surface area contributed by atoms with E-state index in [1.165, 1.54) is 12.3 Å². The lowest BCUT2D eigenvalue weighted by molar-refractivity contribution is -0.129. The van der Waals surface area contributed by atoms with Gasteiger partial charge in [0.05, 0.1) is 13.3 Å². The Bertz CT molecular complexity index is 1230. The molecule has 0 atom stereocenters. The molecule has 0 saturated heterocycles. The minimum Gasteiger partial charge on any atom is -0.497 e. The maximum atomic E-state index is 12.1. The van der Waals surface area contributed by atoms with Crippen LogP contribution in [0.4, 0.5) is 0 Å². The van der Waals surface area contributed by atoms with E-state index in [1.54, 1.807) is 37.5 Å². The van der Waals surface area contributed by atoms with Gasteiger partial charge >= 0.3 is 5.97 Å². The number of amides is 1. The number of hydrazone groups is 1. The van der Waals surface area contributed by atoms with Crippen LogP contribution in [0.2, 0.25) is 0 Å². The zero-order valence-corrected chi connectivity index (χ0v) is 20.2. The van der Waals surface area contributed by atoms with Gasteiger partial charge in [-0.25, -0.2) is 10.2 Å². The number of rotatable bonds is 9. The van der Waals surface area contributed by atoms with Crippen LogP contribution in [0.25, 0.3) is 6.08 Å². The number of ether oxygens (including phenoxy) is 3. The number of nitrogens with zero attached hydrogens (tertiary/aromatic N) is 1. The third-order valence-electron chi connectivity index (χ3n) is 5.25. The predicted molar refractivity (Wildman–Crippen MR) is 136 cm³/mol. The molecule has 0 aliphatic carbocycles. The monoisotopic (exact) mass is 472 g/mol. The zero-order valence-electron chi connectivity index (χ0n) is 20.2. The molecule has 3 aromatic carbocycles. The largest absolute Gasteiger partial charge is 0.497 e. The molecule has 0 aliphatic rings. The van der Waals surface area contributed by atoms with Crippen molar-refractivity contribution in [1.29, 1.82) is 0 Å². The summed E-state index contributed by atoms with van der Waals surface area (Å²) in [6.07, 6.45) is 4.52. The number of aryl methyl sites for hydroxylation is 2. The summed E-state index contributed by atoms with van der Waals surface area (Å²) >= 11 is 0. The molecule has 0 aliphatic heterocycles. The lowest BCUT2D eigenvalue weighted by Crippen LogP contribution is -2.25. The Labute approximate surface area is 205 Å². The van der Waals surface area contributed by atoms with Crippen LogP contribution in [0, 0.1) is 20.8 Å². The van der Waals surface area contributed by atoms with E-state index in [4.69, 9.17) is 14.2 Å². The molecule has 35 heavy (non-hydrogen) atoms. The van der Waals surface area contributed by atoms with Crippen molar-refractivity contribution in [2.24, 2.45) is 5.10 Å². The van der Waals surface area contributed by atoms with Gasteiger partial charge in [-0.15, -0.1) is 0 Å². The molecular weight excluding hydrogens is 444 g/mol. The first-order chi connectivity index (χ1) is 16.9. The van der Waals surface area contributed by atoms with Crippen LogP contribution >= 0.6 is 0 Å². The molecule has 180 valence electrons. The zero-order chi connectivity index (χ0) is 25.2. The molecule has 0 aromatic heterocycles. The van der Waals surface area contributed by atoms with Crippen LogP contribution in [0.3, 0.4) is 0 Å². The van der Waals surface area contributed by atoms with Crippen molar-refractivity contribution in [3.63, 3.8) is 0 Å². The van der Waals surface area contributed by atoms with Crippen LogP contribution in [0.15, 0.2) is 71.8 Å². The Morgan fingerprint density at radius 1 is 0.857 bits per heavy atom. The second-order valence-electron chi connectivity index (χ2n) is 7.83. The number of benzene rings is 3. The molecule has 0 saturated carbocycles. The lowest BCUT2D eigenvalue weighted by Gasteiger charge is -2.13. The Morgan fingerprint density at radius 2 is 1.49 bits per heavy atom. The minimum absolute atomic E-state index is 0.137. The first kappa shape index (κ1) is 25.2. The Hall–Kier alpha value is -4.39. The van der Waals surface area contributed by atoms with Gasteiger partial charge in [-0.3, -0.25) is 4.79 Å². The van der Waals surface area contributed by atoms with Gasteiger partial charge in [-0.05, 0) is 91.1 Å². The molecule has 0 fully saturated rings. The van der Waals surface area contributed by atoms with Crippen molar-refractivity contribution < 1.29 is 23.8 Å². The number of hydrogen-bond acceptors (Lipinski definition) is 6. The molecular formula is C28H28N2O5. The SMILES string of the molecule is COc1ccc(/C=C/C(=O)Oc2ccc(/C=N\NC(=O)COc3c(C)ccc(C)c3C)cc2)cc1. The van der Waals surface area contributed by atoms with Gasteiger partial charge in [0.25, 0.3) is 5.91 Å². The van der Waals surface area contributed by atoms with Gasteiger partial charge < -0.3 is 14.2 Å². The highest BCUT2D eigenvalue weighted by molar-refractivity contribution is 5.89. The van der Waals surface area contributed by atoms with E-state index >= 15 is 0 Å². The summed E-state index contributed by atoms with van der Waals surface area (Å²) in [6.45, 7) is 5.76. The number of nitrogens with one attached hydrogen (secondary N) is 1. The fourth-order valence-corrected chi connectivity index (χ4v) is 3.15. The molecule has 1 amide bonds. The van der Waals surface area contributed by atoms with E-state index in [0.717, 1.165) is 33.6 Å². The molecule has 3 aromatic rings. The number of carbonyl (C=O) groups excluding carboxylic acids is 2. The second kappa shape index (κ2) is 12.2. The first-order valence-corrected chi connectivity index (χ1v) is 11.0. The standard InChI is InChI=1S/C28H28N2O5/c1-19-5-6-20(2)28(21(19)3)34-18-26(31)30-29-17-23-9-14-25(15-10-23)35-27(32)16-11-22-7-12-24(33-4)13-8-22/h5-17H,18H2,1-4H3,(H,30,31)/b16-11+,29-17-. The maximum Gasteiger partial charge on any atom is 0.336 e. The quantitative estimate of drug-likeness (QED) is 0.159. The number of hydrogen-bond donors (Lipinski definition) is 1. The molecule has 0 unspecified atom stereocenters. The van der Waals surface area contributed by atoms with Crippen molar-refractivity contribution in [2.45, 2.75) is 20.8 Å². The minimum atomic E-state index is -0.492. The van der Waals surface area contributed by atoms with E-state index in [9.17, 15) is 9.59 Å². The van der Waals surface area contributed by atoms with E-state index in [0.29, 0.717) is 11.5 Å². The van der Waals surface area contributed by atoms with Crippen molar-refractivity contribution in [1.82, 2.24) is 5.43 Å². The maximum absolute atomic E-state index is 12.1. The van der Waals surface area contributed by atoms with E-state index in [2.05, 4.69) is 10.5 Å². The normalized spacial score (nSPS) is 11.0. The molecule has 3 rings (SSSR count). The summed E-state index contributed by atoms with van der Waals surface area (Å²) in [6, 6.07) is 18.0. The molecule has 7 nitrogen and oxygen atoms in total. The van der Waals surface area contributed by atoms with Crippen molar-refractivity contribution in [2.75, 3.05) is 13.7 Å². The van der Waals surface area contributed by atoms with E-state index in [-0.39, 0.29) is 12.5 Å². The van der Waals surface area contributed by atoms with Crippen LogP contribution in [0.1, 0.15) is 27.8 Å². The topological polar surface area (TPSA) is 86.2 Å². The molecule has 0 spiro atoms. The van der Waals surface area contributed by atoms with Gasteiger partial charge in [0.15, 0.2) is 6.61 Å². The Kier molecular flexibility index (Phi) is 8.78. The molecule has 0 radical (unpaired) electrons. The van der Waals surface area contributed by atoms with E-state index in [1.807, 2.05) is 57.2 Å². The highest BCUT2D eigenvalue weighted by Crippen LogP contribution is 2.25. The molecule has 7 heteroatoms. The second-order valence-corrected chi connectivity index (χ2v) is 7.83. The fourth-order valence-electron chi connectivity index (χ4n) is 3.15. The third kappa shape index (κ3) is 7.57. The van der Waals surface area contributed by atoms with Crippen molar-refractivity contribution in [3.8, 4) is 17.2 Å². The molecule has 1 N–H and O–H groups in total. The average molecular weight is 473 g/mol. The average Bonchev–Trinajstić information content (AvgIpc) is 2.86. The van der Waals surface area contributed by atoms with E-state index < -0.39 is 5.97 Å². The van der Waals surface area contributed by atoms with Gasteiger partial charge in [0, 0.05) is 6.08 Å². The Morgan fingerprint density at radius 3 is 2.17 bits per heavy atom. The fraction of sp³-hybridized carbons (Fsp3) is 0.179. The summed E-state index contributed by atoms with van der Waals surface area (Å²) in [5.74, 6) is 0.999. The highest BCUT2D eigenvalue weighted by Gasteiger charge is 2.09. The van der Waals surface area contributed by atoms with Crippen molar-refractivity contribution in [3.05, 3.63) is 94.6 Å². The number of methoxy groups -OCH3 is 1. The molecule has 0 heterocycles. The van der Waals surface area contributed by atoms with Crippen LogP contribution in [0.5, 0.6) is 17.2 Å².